The van der Waals surface area contributed by atoms with Crippen LogP contribution in [0.5, 0.6) is 34.5 Å². The first kappa shape index (κ1) is 70.3. The highest BCUT2D eigenvalue weighted by Gasteiger charge is 2.57. The highest BCUT2D eigenvalue weighted by molar-refractivity contribution is 5.89. The molecule has 33 heteroatoms. The molecule has 6 heterocycles. The molecule has 17 N–H and O–H groups in total. The van der Waals surface area contributed by atoms with Crippen LogP contribution in [0.4, 0.5) is 0 Å². The molecule has 4 aromatic carbocycles. The minimum atomic E-state index is -2.32. The van der Waals surface area contributed by atoms with Gasteiger partial charge in [-0.3, -0.25) is 4.79 Å². The standard InChI is InChI=1S/C62H70O33/c1-24-53(92-58-49(79)41(71)33(68)21-85-58)56(94-60-51(81)47(77)43(73)36(90-60)22-83-38(69)16-6-25-2-10-28(64)11-3-25)57(95-61-52(82)48(78)44(74)37(91-61)23-84-39(70)17-7-26-4-12-29(65)13-5-26)62(86-24)93-55-45(75)40-32(67)18-31(87-59-50(80)46(76)42(72)35(20-63)89-59)19-34(40)88-54(55)27-8-14-30(66)15-9-27/h2-19,24,33,35-37,41-44,46-53,56-68,71-74,76-82H,20-23H2,1H3/b16-6+,17-7+/t24-,33+,35+,36+,37+,41-,42+,43+,44+,46-,47-,48-,49+,50+,51+,52+,53-,56+,57+,58-,59+,60-,61-,62-/m0/s1. The molecule has 95 heavy (non-hydrogen) atoms. The van der Waals surface area contributed by atoms with Crippen molar-refractivity contribution in [3.05, 3.63) is 118 Å². The fourth-order valence-corrected chi connectivity index (χ4v) is 10.8. The number of benzene rings is 4. The second-order valence-electron chi connectivity index (χ2n) is 22.8. The summed E-state index contributed by atoms with van der Waals surface area (Å²) in [5.74, 6) is -5.18. The molecule has 5 aromatic rings. The van der Waals surface area contributed by atoms with Gasteiger partial charge >= 0.3 is 11.9 Å². The van der Waals surface area contributed by atoms with E-state index in [1.165, 1.54) is 91.9 Å². The Labute approximate surface area is 536 Å². The van der Waals surface area contributed by atoms with E-state index in [1.54, 1.807) is 0 Å². The van der Waals surface area contributed by atoms with Gasteiger partial charge in [0.2, 0.25) is 23.8 Å². The maximum Gasteiger partial charge on any atom is 0.330 e. The summed E-state index contributed by atoms with van der Waals surface area (Å²) in [7, 11) is 0. The number of esters is 2. The Bertz CT molecular complexity index is 3530. The third-order valence-corrected chi connectivity index (χ3v) is 16.2. The molecule has 516 valence electrons. The van der Waals surface area contributed by atoms with Gasteiger partial charge in [0.15, 0.2) is 30.7 Å². The highest BCUT2D eigenvalue weighted by Crippen LogP contribution is 2.42. The van der Waals surface area contributed by atoms with E-state index in [0.717, 1.165) is 24.3 Å². The van der Waals surface area contributed by atoms with Gasteiger partial charge < -0.3 is 148 Å². The first-order chi connectivity index (χ1) is 45.3. The summed E-state index contributed by atoms with van der Waals surface area (Å²) in [6.07, 6.45) is -43.2. The Kier molecular flexibility index (Phi) is 22.4. The first-order valence-electron chi connectivity index (χ1n) is 29.5. The molecule has 0 radical (unpaired) electrons. The fraction of sp³-hybridized carbons (Fsp3) is 0.468. The lowest BCUT2D eigenvalue weighted by Gasteiger charge is -2.50. The molecule has 24 atom stereocenters. The third-order valence-electron chi connectivity index (χ3n) is 16.2. The molecule has 0 aliphatic carbocycles. The average molecular weight is 1340 g/mol. The van der Waals surface area contributed by atoms with E-state index in [1.807, 2.05) is 0 Å². The van der Waals surface area contributed by atoms with Crippen LogP contribution in [-0.2, 0) is 57.0 Å². The SMILES string of the molecule is C[C@@H]1O[C@@H](Oc2c(-c3ccc(O)cc3)oc3cc(O[C@@H]4O[C@H](CO)[C@@H](O)[C@H](O)[C@H]4O)cc(O)c3c2=O)[C@H](O[C@@H]2O[C@H](COC(=O)/C=C/c3ccc(O)cc3)[C@@H](O)[C@H](O)[C@H]2O)[C@H](O[C@@H]2O[C@H](COC(=O)/C=C/c3ccc(O)cc3)[C@@H](O)[C@H](O)[C@H]2O)[C@H]1O[C@@H]1OC[C@@H](O)[C@H](O)[C@H]1O. The molecule has 0 amide bonds. The smallest absolute Gasteiger partial charge is 0.330 e. The maximum atomic E-state index is 15.3. The zero-order valence-electron chi connectivity index (χ0n) is 49.7. The number of rotatable bonds is 20. The van der Waals surface area contributed by atoms with Crippen LogP contribution >= 0.6 is 0 Å². The average Bonchev–Trinajstić information content (AvgIpc) is 0.755. The largest absolute Gasteiger partial charge is 0.508 e. The van der Waals surface area contributed by atoms with Crippen LogP contribution in [0, 0.1) is 0 Å². The van der Waals surface area contributed by atoms with Crippen molar-refractivity contribution in [2.24, 2.45) is 0 Å². The van der Waals surface area contributed by atoms with E-state index in [-0.39, 0.29) is 22.8 Å². The van der Waals surface area contributed by atoms with E-state index >= 15 is 4.79 Å². The summed E-state index contributed by atoms with van der Waals surface area (Å²) in [5, 5.41) is 183. The molecule has 5 fully saturated rings. The number of carbonyl (C=O) groups is 2. The van der Waals surface area contributed by atoms with Crippen molar-refractivity contribution in [3.8, 4) is 45.8 Å². The summed E-state index contributed by atoms with van der Waals surface area (Å²) < 4.78 is 77.9. The molecule has 5 saturated heterocycles. The fourth-order valence-electron chi connectivity index (χ4n) is 10.8. The zero-order valence-corrected chi connectivity index (χ0v) is 49.7. The Balaban J connectivity index is 1.05. The maximum absolute atomic E-state index is 15.3. The van der Waals surface area contributed by atoms with E-state index in [4.69, 9.17) is 61.3 Å². The normalized spacial score (nSPS) is 35.3. The van der Waals surface area contributed by atoms with Gasteiger partial charge in [-0.1, -0.05) is 24.3 Å². The van der Waals surface area contributed by atoms with Crippen LogP contribution in [-0.4, -0.2) is 273 Å². The van der Waals surface area contributed by atoms with Gasteiger partial charge in [0.1, 0.15) is 157 Å². The number of aliphatic hydroxyl groups excluding tert-OH is 13. The predicted molar refractivity (Wildman–Crippen MR) is 313 cm³/mol. The van der Waals surface area contributed by atoms with Crippen molar-refractivity contribution >= 4 is 35.1 Å². The van der Waals surface area contributed by atoms with Crippen LogP contribution in [0.25, 0.3) is 34.4 Å². The highest BCUT2D eigenvalue weighted by atomic mass is 16.8. The Hall–Kier alpha value is -7.53. The first-order valence-corrected chi connectivity index (χ1v) is 29.5. The van der Waals surface area contributed by atoms with Crippen LogP contribution in [0.2, 0.25) is 0 Å². The number of carbonyl (C=O) groups excluding carboxylic acids is 2. The number of phenols is 4. The van der Waals surface area contributed by atoms with Crippen molar-refractivity contribution in [1.82, 2.24) is 0 Å². The van der Waals surface area contributed by atoms with Gasteiger partial charge in [-0.05, 0) is 78.7 Å². The van der Waals surface area contributed by atoms with Crippen LogP contribution in [0.1, 0.15) is 18.1 Å². The van der Waals surface area contributed by atoms with Crippen LogP contribution in [0.3, 0.4) is 0 Å². The summed E-state index contributed by atoms with van der Waals surface area (Å²) in [6, 6.07) is 18.0. The van der Waals surface area contributed by atoms with Crippen molar-refractivity contribution in [2.45, 2.75) is 154 Å². The molecule has 33 nitrogen and oxygen atoms in total. The topological polar surface area (TPSA) is 519 Å². The molecule has 1 aromatic heterocycles. The monoisotopic (exact) mass is 1340 g/mol. The molecular weight excluding hydrogens is 1270 g/mol. The molecule has 5 aliphatic heterocycles. The summed E-state index contributed by atoms with van der Waals surface area (Å²) in [5.41, 5.74) is -0.889. The number of hydrogen-bond acceptors (Lipinski definition) is 33. The van der Waals surface area contributed by atoms with Crippen molar-refractivity contribution < 1.29 is 158 Å². The van der Waals surface area contributed by atoms with Crippen LogP contribution in [0.15, 0.2) is 106 Å². The van der Waals surface area contributed by atoms with Gasteiger partial charge in [-0.2, -0.15) is 0 Å². The Morgan fingerprint density at radius 1 is 0.505 bits per heavy atom. The van der Waals surface area contributed by atoms with Crippen molar-refractivity contribution in [1.29, 1.82) is 0 Å². The minimum absolute atomic E-state index is 0.0552. The van der Waals surface area contributed by atoms with Crippen LogP contribution < -0.4 is 14.9 Å². The third kappa shape index (κ3) is 15.8. The molecule has 0 unspecified atom stereocenters. The summed E-state index contributed by atoms with van der Waals surface area (Å²) in [6.45, 7) is -1.94. The van der Waals surface area contributed by atoms with E-state index < -0.39 is 225 Å². The van der Waals surface area contributed by atoms with E-state index in [0.29, 0.717) is 11.1 Å². The lowest BCUT2D eigenvalue weighted by atomic mass is 9.95. The summed E-state index contributed by atoms with van der Waals surface area (Å²) >= 11 is 0. The molecular formula is C62H70O33. The second-order valence-corrected chi connectivity index (χ2v) is 22.8. The van der Waals surface area contributed by atoms with E-state index in [2.05, 4.69) is 0 Å². The lowest BCUT2D eigenvalue weighted by Crippen LogP contribution is -2.68. The molecule has 0 saturated carbocycles. The number of fused-ring (bicyclic) bond motifs is 1. The molecule has 10 rings (SSSR count). The molecule has 5 aliphatic rings. The number of aromatic hydroxyl groups is 4. The van der Waals surface area contributed by atoms with Gasteiger partial charge in [0, 0.05) is 29.8 Å². The van der Waals surface area contributed by atoms with E-state index in [9.17, 15) is 96.4 Å². The second kappa shape index (κ2) is 30.3. The minimum Gasteiger partial charge on any atom is -0.508 e. The number of ether oxygens (including phenoxy) is 12. The Morgan fingerprint density at radius 3 is 1.49 bits per heavy atom. The van der Waals surface area contributed by atoms with Crippen molar-refractivity contribution in [2.75, 3.05) is 26.4 Å². The summed E-state index contributed by atoms with van der Waals surface area (Å²) in [4.78, 5) is 41.3. The number of aliphatic hydroxyl groups is 13. The van der Waals surface area contributed by atoms with Gasteiger partial charge in [0.25, 0.3) is 0 Å². The van der Waals surface area contributed by atoms with Gasteiger partial charge in [-0.15, -0.1) is 0 Å². The van der Waals surface area contributed by atoms with Gasteiger partial charge in [0.05, 0.1) is 19.3 Å². The predicted octanol–water partition coefficient (Wildman–Crippen LogP) is -3.69. The van der Waals surface area contributed by atoms with Gasteiger partial charge in [-0.25, -0.2) is 9.59 Å². The molecule has 0 bridgehead atoms. The number of hydrogen-bond donors (Lipinski definition) is 17. The lowest BCUT2D eigenvalue weighted by molar-refractivity contribution is -0.396. The zero-order chi connectivity index (χ0) is 68.3. The molecule has 0 spiro atoms. The van der Waals surface area contributed by atoms with Crippen molar-refractivity contribution in [3.63, 3.8) is 0 Å². The quantitative estimate of drug-likeness (QED) is 0.0263. The Morgan fingerprint density at radius 2 is 0.968 bits per heavy atom. The number of phenolic OH excluding ortho intramolecular Hbond substituents is 4.